The van der Waals surface area contributed by atoms with E-state index in [1.807, 2.05) is 4.90 Å². The van der Waals surface area contributed by atoms with Gasteiger partial charge in [-0.25, -0.2) is 0 Å². The Morgan fingerprint density at radius 2 is 1.70 bits per heavy atom. The smallest absolute Gasteiger partial charge is 0.224 e. The van der Waals surface area contributed by atoms with E-state index in [1.54, 1.807) is 0 Å². The van der Waals surface area contributed by atoms with Crippen molar-refractivity contribution in [2.45, 2.75) is 57.9 Å². The van der Waals surface area contributed by atoms with Crippen molar-refractivity contribution in [2.75, 3.05) is 32.7 Å². The lowest BCUT2D eigenvalue weighted by atomic mass is 9.80. The summed E-state index contributed by atoms with van der Waals surface area (Å²) >= 11 is 0. The molecule has 4 heteroatoms. The normalized spacial score (nSPS) is 24.1. The standard InChI is InChI=1S/C16H31N3O/c1-14(2)13-18-8-10-19(11-9-18)15(20)12-16(17)6-4-3-5-7-16/h14H,3-13,17H2,1-2H3. The van der Waals surface area contributed by atoms with Crippen LogP contribution in [0.25, 0.3) is 0 Å². The molecule has 1 heterocycles. The monoisotopic (exact) mass is 281 g/mol. The summed E-state index contributed by atoms with van der Waals surface area (Å²) < 4.78 is 0. The highest BCUT2D eigenvalue weighted by Gasteiger charge is 2.32. The van der Waals surface area contributed by atoms with Gasteiger partial charge in [-0.3, -0.25) is 9.69 Å². The Morgan fingerprint density at radius 3 is 2.25 bits per heavy atom. The van der Waals surface area contributed by atoms with Crippen LogP contribution in [0.5, 0.6) is 0 Å². The van der Waals surface area contributed by atoms with Crippen molar-refractivity contribution < 1.29 is 4.79 Å². The average Bonchev–Trinajstić information content (AvgIpc) is 2.39. The molecule has 0 unspecified atom stereocenters. The SMILES string of the molecule is CC(C)CN1CCN(C(=O)CC2(N)CCCCC2)CC1. The van der Waals surface area contributed by atoms with Gasteiger partial charge in [0.1, 0.15) is 0 Å². The average molecular weight is 281 g/mol. The molecule has 1 saturated carbocycles. The maximum Gasteiger partial charge on any atom is 0.224 e. The van der Waals surface area contributed by atoms with Crippen LogP contribution in [0.3, 0.4) is 0 Å². The lowest BCUT2D eigenvalue weighted by molar-refractivity contribution is -0.134. The molecule has 0 aromatic rings. The van der Waals surface area contributed by atoms with Crippen LogP contribution in [-0.4, -0.2) is 54.0 Å². The van der Waals surface area contributed by atoms with E-state index in [0.29, 0.717) is 12.3 Å². The van der Waals surface area contributed by atoms with Crippen LogP contribution < -0.4 is 5.73 Å². The van der Waals surface area contributed by atoms with E-state index in [-0.39, 0.29) is 11.4 Å². The highest BCUT2D eigenvalue weighted by atomic mass is 16.2. The molecule has 2 rings (SSSR count). The summed E-state index contributed by atoms with van der Waals surface area (Å²) in [6.45, 7) is 9.42. The van der Waals surface area contributed by atoms with Gasteiger partial charge in [0, 0.05) is 44.7 Å². The van der Waals surface area contributed by atoms with Gasteiger partial charge in [0.2, 0.25) is 5.91 Å². The quantitative estimate of drug-likeness (QED) is 0.855. The molecular weight excluding hydrogens is 250 g/mol. The first-order valence-electron chi connectivity index (χ1n) is 8.27. The number of hydrogen-bond donors (Lipinski definition) is 1. The van der Waals surface area contributed by atoms with Crippen molar-refractivity contribution in [2.24, 2.45) is 11.7 Å². The number of nitrogens with two attached hydrogens (primary N) is 1. The Morgan fingerprint density at radius 1 is 1.10 bits per heavy atom. The fourth-order valence-corrected chi connectivity index (χ4v) is 3.54. The Balaban J connectivity index is 1.77. The summed E-state index contributed by atoms with van der Waals surface area (Å²) in [6, 6.07) is 0. The van der Waals surface area contributed by atoms with Gasteiger partial charge in [-0.1, -0.05) is 33.1 Å². The third-order valence-corrected chi connectivity index (χ3v) is 4.70. The number of carbonyl (C=O) groups excluding carboxylic acids is 1. The van der Waals surface area contributed by atoms with E-state index in [9.17, 15) is 4.79 Å². The fourth-order valence-electron chi connectivity index (χ4n) is 3.54. The van der Waals surface area contributed by atoms with Crippen molar-refractivity contribution in [3.8, 4) is 0 Å². The molecule has 1 aliphatic heterocycles. The third-order valence-electron chi connectivity index (χ3n) is 4.70. The summed E-state index contributed by atoms with van der Waals surface area (Å²) in [4.78, 5) is 16.9. The molecule has 0 atom stereocenters. The second-order valence-electron chi connectivity index (χ2n) is 7.18. The van der Waals surface area contributed by atoms with Gasteiger partial charge in [-0.05, 0) is 18.8 Å². The lowest BCUT2D eigenvalue weighted by Crippen LogP contribution is -2.52. The minimum absolute atomic E-state index is 0.218. The van der Waals surface area contributed by atoms with Crippen molar-refractivity contribution in [3.63, 3.8) is 0 Å². The van der Waals surface area contributed by atoms with Crippen molar-refractivity contribution >= 4 is 5.91 Å². The van der Waals surface area contributed by atoms with Gasteiger partial charge in [0.05, 0.1) is 0 Å². The summed E-state index contributed by atoms with van der Waals surface area (Å²) in [6.07, 6.45) is 6.24. The molecule has 4 nitrogen and oxygen atoms in total. The fraction of sp³-hybridized carbons (Fsp3) is 0.938. The molecule has 2 N–H and O–H groups in total. The molecule has 2 aliphatic rings. The maximum atomic E-state index is 12.4. The Hall–Kier alpha value is -0.610. The third kappa shape index (κ3) is 4.45. The van der Waals surface area contributed by atoms with Crippen LogP contribution in [0.4, 0.5) is 0 Å². The summed E-state index contributed by atoms with van der Waals surface area (Å²) in [7, 11) is 0. The Kier molecular flexibility index (Phi) is 5.44. The first-order valence-corrected chi connectivity index (χ1v) is 8.27. The number of rotatable bonds is 4. The molecule has 0 radical (unpaired) electrons. The van der Waals surface area contributed by atoms with E-state index in [4.69, 9.17) is 5.73 Å². The van der Waals surface area contributed by atoms with Crippen molar-refractivity contribution in [1.29, 1.82) is 0 Å². The molecule has 0 spiro atoms. The van der Waals surface area contributed by atoms with Crippen LogP contribution in [0.1, 0.15) is 52.4 Å². The number of amides is 1. The highest BCUT2D eigenvalue weighted by Crippen LogP contribution is 2.29. The predicted molar refractivity (Wildman–Crippen MR) is 82.5 cm³/mol. The second kappa shape index (κ2) is 6.90. The van der Waals surface area contributed by atoms with E-state index >= 15 is 0 Å². The topological polar surface area (TPSA) is 49.6 Å². The molecule has 1 aliphatic carbocycles. The van der Waals surface area contributed by atoms with Crippen LogP contribution in [0.15, 0.2) is 0 Å². The van der Waals surface area contributed by atoms with E-state index in [2.05, 4.69) is 18.7 Å². The molecule has 116 valence electrons. The van der Waals surface area contributed by atoms with Crippen LogP contribution in [0.2, 0.25) is 0 Å². The van der Waals surface area contributed by atoms with Gasteiger partial charge in [-0.2, -0.15) is 0 Å². The molecule has 1 amide bonds. The number of nitrogens with zero attached hydrogens (tertiary/aromatic N) is 2. The van der Waals surface area contributed by atoms with E-state index < -0.39 is 0 Å². The van der Waals surface area contributed by atoms with Gasteiger partial charge >= 0.3 is 0 Å². The Bertz CT molecular complexity index is 316. The first-order chi connectivity index (χ1) is 9.48. The molecule has 20 heavy (non-hydrogen) atoms. The first kappa shape index (κ1) is 15.8. The molecule has 2 fully saturated rings. The summed E-state index contributed by atoms with van der Waals surface area (Å²) in [5.41, 5.74) is 6.18. The Labute approximate surface area is 123 Å². The van der Waals surface area contributed by atoms with Gasteiger partial charge in [-0.15, -0.1) is 0 Å². The molecule has 0 aromatic carbocycles. The van der Waals surface area contributed by atoms with Crippen molar-refractivity contribution in [1.82, 2.24) is 9.80 Å². The number of hydrogen-bond acceptors (Lipinski definition) is 3. The molecule has 0 bridgehead atoms. The number of carbonyl (C=O) groups is 1. The zero-order valence-corrected chi connectivity index (χ0v) is 13.2. The molecular formula is C16H31N3O. The van der Waals surface area contributed by atoms with Gasteiger partial charge in [0.15, 0.2) is 0 Å². The second-order valence-corrected chi connectivity index (χ2v) is 7.18. The summed E-state index contributed by atoms with van der Waals surface area (Å²) in [5.74, 6) is 0.977. The number of piperazine rings is 1. The van der Waals surface area contributed by atoms with Gasteiger partial charge in [0.25, 0.3) is 0 Å². The minimum Gasteiger partial charge on any atom is -0.340 e. The molecule has 1 saturated heterocycles. The van der Waals surface area contributed by atoms with Crippen LogP contribution >= 0.6 is 0 Å². The zero-order valence-electron chi connectivity index (χ0n) is 13.2. The summed E-state index contributed by atoms with van der Waals surface area (Å²) in [5, 5.41) is 0. The molecule has 0 aromatic heterocycles. The van der Waals surface area contributed by atoms with Crippen LogP contribution in [-0.2, 0) is 4.79 Å². The maximum absolute atomic E-state index is 12.4. The highest BCUT2D eigenvalue weighted by molar-refractivity contribution is 5.77. The van der Waals surface area contributed by atoms with Crippen molar-refractivity contribution in [3.05, 3.63) is 0 Å². The largest absolute Gasteiger partial charge is 0.340 e. The zero-order chi connectivity index (χ0) is 14.6. The van der Waals surface area contributed by atoms with E-state index in [0.717, 1.165) is 45.6 Å². The lowest BCUT2D eigenvalue weighted by Gasteiger charge is -2.38. The van der Waals surface area contributed by atoms with Gasteiger partial charge < -0.3 is 10.6 Å². The van der Waals surface area contributed by atoms with Crippen LogP contribution in [0, 0.1) is 5.92 Å². The van der Waals surface area contributed by atoms with E-state index in [1.165, 1.54) is 19.3 Å². The minimum atomic E-state index is -0.218. The predicted octanol–water partition coefficient (Wildman–Crippen LogP) is 1.84.